The fourth-order valence-corrected chi connectivity index (χ4v) is 2.54. The Hall–Kier alpha value is -0.330. The van der Waals surface area contributed by atoms with Gasteiger partial charge < -0.3 is 10.1 Å². The molecule has 6 heteroatoms. The van der Waals surface area contributed by atoms with Crippen LogP contribution in [0.2, 0.25) is 0 Å². The average molecular weight is 252 g/mol. The predicted octanol–water partition coefficient (Wildman–Crippen LogP) is 1.25. The van der Waals surface area contributed by atoms with E-state index in [1.54, 1.807) is 0 Å². The van der Waals surface area contributed by atoms with Gasteiger partial charge in [-0.2, -0.15) is 13.2 Å². The largest absolute Gasteiger partial charge is 0.394 e. The second-order valence-electron chi connectivity index (χ2n) is 4.78. The summed E-state index contributed by atoms with van der Waals surface area (Å²) in [6.45, 7) is 2.86. The van der Waals surface area contributed by atoms with Crippen LogP contribution in [0.3, 0.4) is 0 Å². The Balaban J connectivity index is 1.96. The smallest absolute Gasteiger partial charge is 0.381 e. The highest BCUT2D eigenvalue weighted by molar-refractivity contribution is 4.83. The molecule has 2 fully saturated rings. The van der Waals surface area contributed by atoms with E-state index in [-0.39, 0.29) is 19.1 Å². The molecule has 0 radical (unpaired) electrons. The van der Waals surface area contributed by atoms with Crippen molar-refractivity contribution in [3.63, 3.8) is 0 Å². The number of ether oxygens (including phenoxy) is 1. The number of rotatable bonds is 1. The summed E-state index contributed by atoms with van der Waals surface area (Å²) in [6, 6.07) is 0.258. The number of halogens is 3. The number of nitrogens with zero attached hydrogens (tertiary/aromatic N) is 1. The molecule has 3 nitrogen and oxygen atoms in total. The van der Waals surface area contributed by atoms with Crippen molar-refractivity contribution in [2.45, 2.75) is 25.1 Å². The van der Waals surface area contributed by atoms with Crippen LogP contribution in [0.1, 0.15) is 12.8 Å². The zero-order valence-corrected chi connectivity index (χ0v) is 9.80. The topological polar surface area (TPSA) is 24.5 Å². The predicted molar refractivity (Wildman–Crippen MR) is 57.8 cm³/mol. The van der Waals surface area contributed by atoms with Crippen LogP contribution in [0, 0.1) is 5.92 Å². The molecular weight excluding hydrogens is 233 g/mol. The molecule has 2 aliphatic heterocycles. The van der Waals surface area contributed by atoms with E-state index < -0.39 is 12.1 Å². The molecule has 0 saturated carbocycles. The van der Waals surface area contributed by atoms with E-state index in [9.17, 15) is 13.2 Å². The normalized spacial score (nSPS) is 30.2. The van der Waals surface area contributed by atoms with Crippen LogP contribution in [-0.2, 0) is 4.74 Å². The second-order valence-corrected chi connectivity index (χ2v) is 4.78. The maximum absolute atomic E-state index is 12.8. The minimum absolute atomic E-state index is 0.0449. The maximum Gasteiger partial charge on any atom is 0.394 e. The van der Waals surface area contributed by atoms with Crippen molar-refractivity contribution in [3.8, 4) is 0 Å². The van der Waals surface area contributed by atoms with Crippen LogP contribution in [-0.4, -0.2) is 56.5 Å². The molecule has 0 bridgehead atoms. The molecule has 100 valence electrons. The first-order valence-corrected chi connectivity index (χ1v) is 6.16. The van der Waals surface area contributed by atoms with E-state index >= 15 is 0 Å². The van der Waals surface area contributed by atoms with Gasteiger partial charge in [0.15, 0.2) is 0 Å². The van der Waals surface area contributed by atoms with Crippen molar-refractivity contribution in [2.75, 3.05) is 39.4 Å². The molecule has 0 aromatic carbocycles. The fourth-order valence-electron chi connectivity index (χ4n) is 2.54. The van der Waals surface area contributed by atoms with E-state index in [0.29, 0.717) is 26.3 Å². The third-order valence-electron chi connectivity index (χ3n) is 3.59. The molecule has 1 atom stereocenters. The van der Waals surface area contributed by atoms with Gasteiger partial charge in [-0.25, -0.2) is 0 Å². The highest BCUT2D eigenvalue weighted by Gasteiger charge is 2.42. The highest BCUT2D eigenvalue weighted by atomic mass is 19.4. The third-order valence-corrected chi connectivity index (χ3v) is 3.59. The summed E-state index contributed by atoms with van der Waals surface area (Å²) in [5.74, 6) is -1.24. The Bertz CT molecular complexity index is 241. The van der Waals surface area contributed by atoms with E-state index in [1.165, 1.54) is 0 Å². The molecule has 2 heterocycles. The molecule has 0 aromatic rings. The lowest BCUT2D eigenvalue weighted by Crippen LogP contribution is -2.45. The summed E-state index contributed by atoms with van der Waals surface area (Å²) < 4.78 is 43.6. The molecule has 0 aromatic heterocycles. The van der Waals surface area contributed by atoms with Crippen LogP contribution in [0.5, 0.6) is 0 Å². The first-order chi connectivity index (χ1) is 8.07. The Morgan fingerprint density at radius 1 is 1.18 bits per heavy atom. The standard InChI is InChI=1S/C11H19F3N2O/c12-11(13,14)9-7-15-3-4-16(8-9)10-1-5-17-6-2-10/h9-10,15H,1-8H2. The first-order valence-electron chi connectivity index (χ1n) is 6.16. The molecule has 1 unspecified atom stereocenters. The summed E-state index contributed by atoms with van der Waals surface area (Å²) in [6.07, 6.45) is -2.39. The van der Waals surface area contributed by atoms with Gasteiger partial charge in [-0.1, -0.05) is 0 Å². The van der Waals surface area contributed by atoms with Crippen LogP contribution >= 0.6 is 0 Å². The van der Waals surface area contributed by atoms with Crippen molar-refractivity contribution in [2.24, 2.45) is 5.92 Å². The second kappa shape index (κ2) is 5.54. The van der Waals surface area contributed by atoms with Crippen molar-refractivity contribution in [1.82, 2.24) is 10.2 Å². The lowest BCUT2D eigenvalue weighted by Gasteiger charge is -2.35. The van der Waals surface area contributed by atoms with E-state index in [1.807, 2.05) is 4.90 Å². The molecular formula is C11H19F3N2O. The van der Waals surface area contributed by atoms with E-state index in [0.717, 1.165) is 12.8 Å². The molecule has 1 N–H and O–H groups in total. The van der Waals surface area contributed by atoms with Crippen LogP contribution < -0.4 is 5.32 Å². The van der Waals surface area contributed by atoms with Crippen LogP contribution in [0.4, 0.5) is 13.2 Å². The van der Waals surface area contributed by atoms with Gasteiger partial charge in [-0.3, -0.25) is 4.90 Å². The summed E-state index contributed by atoms with van der Waals surface area (Å²) in [5, 5.41) is 2.88. The van der Waals surface area contributed by atoms with Gasteiger partial charge in [0.25, 0.3) is 0 Å². The van der Waals surface area contributed by atoms with Gasteiger partial charge >= 0.3 is 6.18 Å². The zero-order valence-electron chi connectivity index (χ0n) is 9.80. The maximum atomic E-state index is 12.8. The summed E-state index contributed by atoms with van der Waals surface area (Å²) >= 11 is 0. The SMILES string of the molecule is FC(F)(F)C1CNCCN(C2CCOCC2)C1. The lowest BCUT2D eigenvalue weighted by molar-refractivity contribution is -0.177. The van der Waals surface area contributed by atoms with E-state index in [2.05, 4.69) is 5.32 Å². The van der Waals surface area contributed by atoms with Gasteiger partial charge in [-0.05, 0) is 12.8 Å². The molecule has 17 heavy (non-hydrogen) atoms. The van der Waals surface area contributed by atoms with Crippen molar-refractivity contribution in [3.05, 3.63) is 0 Å². The number of nitrogens with one attached hydrogen (secondary N) is 1. The lowest BCUT2D eigenvalue weighted by atomic mass is 10.0. The van der Waals surface area contributed by atoms with Crippen molar-refractivity contribution >= 4 is 0 Å². The number of hydrogen-bond donors (Lipinski definition) is 1. The Morgan fingerprint density at radius 3 is 2.53 bits per heavy atom. The van der Waals surface area contributed by atoms with Crippen molar-refractivity contribution < 1.29 is 17.9 Å². The first kappa shape index (κ1) is 13.1. The van der Waals surface area contributed by atoms with Crippen LogP contribution in [0.25, 0.3) is 0 Å². The molecule has 2 saturated heterocycles. The number of hydrogen-bond acceptors (Lipinski definition) is 3. The van der Waals surface area contributed by atoms with Gasteiger partial charge in [-0.15, -0.1) is 0 Å². The fraction of sp³-hybridized carbons (Fsp3) is 1.00. The minimum Gasteiger partial charge on any atom is -0.381 e. The van der Waals surface area contributed by atoms with Gasteiger partial charge in [0.1, 0.15) is 0 Å². The molecule has 2 aliphatic rings. The van der Waals surface area contributed by atoms with E-state index in [4.69, 9.17) is 4.74 Å². The summed E-state index contributed by atoms with van der Waals surface area (Å²) in [5.41, 5.74) is 0. The van der Waals surface area contributed by atoms with Crippen LogP contribution in [0.15, 0.2) is 0 Å². The third kappa shape index (κ3) is 3.56. The minimum atomic E-state index is -4.10. The van der Waals surface area contributed by atoms with Gasteiger partial charge in [0.2, 0.25) is 0 Å². The average Bonchev–Trinajstić information content (AvgIpc) is 2.55. The molecule has 0 aliphatic carbocycles. The molecule has 0 amide bonds. The Labute approximate surface area is 99.3 Å². The molecule has 0 spiro atoms. The number of alkyl halides is 3. The quantitative estimate of drug-likeness (QED) is 0.760. The van der Waals surface area contributed by atoms with Gasteiger partial charge in [0.05, 0.1) is 5.92 Å². The highest BCUT2D eigenvalue weighted by Crippen LogP contribution is 2.29. The summed E-state index contributed by atoms with van der Waals surface area (Å²) in [4.78, 5) is 1.99. The Morgan fingerprint density at radius 2 is 1.88 bits per heavy atom. The van der Waals surface area contributed by atoms with Crippen molar-refractivity contribution in [1.29, 1.82) is 0 Å². The monoisotopic (exact) mass is 252 g/mol. The summed E-state index contributed by atoms with van der Waals surface area (Å²) in [7, 11) is 0. The zero-order chi connectivity index (χ0) is 12.3. The van der Waals surface area contributed by atoms with Gasteiger partial charge in [0, 0.05) is 45.4 Å². The molecule has 2 rings (SSSR count). The Kier molecular flexibility index (Phi) is 4.27.